The largest absolute Gasteiger partial charge is 0.504 e. The third-order valence-corrected chi connectivity index (χ3v) is 4.33. The normalized spacial score (nSPS) is 10.4. The van der Waals surface area contributed by atoms with E-state index in [1.54, 1.807) is 25.3 Å². The van der Waals surface area contributed by atoms with Crippen molar-refractivity contribution in [2.75, 3.05) is 7.11 Å². The number of Topliss-reactive ketones (excluding diaryl/α,β-unsaturated/α-hetero) is 1. The lowest BCUT2D eigenvalue weighted by atomic mass is 9.99. The molecule has 0 radical (unpaired) electrons. The van der Waals surface area contributed by atoms with E-state index in [9.17, 15) is 20.0 Å². The minimum Gasteiger partial charge on any atom is -0.504 e. The van der Waals surface area contributed by atoms with Crippen molar-refractivity contribution in [2.24, 2.45) is 0 Å². The van der Waals surface area contributed by atoms with E-state index in [0.29, 0.717) is 16.7 Å². The molecule has 7 nitrogen and oxygen atoms in total. The minimum atomic E-state index is -1.13. The highest BCUT2D eigenvalue weighted by atomic mass is 16.5. The van der Waals surface area contributed by atoms with Crippen LogP contribution in [0.5, 0.6) is 11.5 Å². The number of benzene rings is 2. The highest BCUT2D eigenvalue weighted by molar-refractivity contribution is 6.02. The number of pyridine rings is 1. The fourth-order valence-corrected chi connectivity index (χ4v) is 2.86. The Morgan fingerprint density at radius 2 is 1.79 bits per heavy atom. The van der Waals surface area contributed by atoms with Crippen molar-refractivity contribution in [1.29, 1.82) is 5.26 Å². The molecule has 3 rings (SSSR count). The SMILES string of the molecule is COc1ccc(-c2ccc3c(C#N)c(O)c(C(=O)CCC(=O)O)nc3c2)cc1. The Kier molecular flexibility index (Phi) is 5.23. The van der Waals surface area contributed by atoms with Gasteiger partial charge < -0.3 is 14.9 Å². The molecule has 28 heavy (non-hydrogen) atoms. The predicted molar refractivity (Wildman–Crippen MR) is 101 cm³/mol. The van der Waals surface area contributed by atoms with Gasteiger partial charge in [0.15, 0.2) is 11.5 Å². The summed E-state index contributed by atoms with van der Waals surface area (Å²) in [5.74, 6) is -1.57. The molecule has 0 saturated heterocycles. The van der Waals surface area contributed by atoms with E-state index in [1.165, 1.54) is 0 Å². The summed E-state index contributed by atoms with van der Waals surface area (Å²) in [4.78, 5) is 27.2. The number of ether oxygens (including phenoxy) is 1. The topological polar surface area (TPSA) is 121 Å². The van der Waals surface area contributed by atoms with Gasteiger partial charge in [0, 0.05) is 11.8 Å². The van der Waals surface area contributed by atoms with Crippen LogP contribution in [0.4, 0.5) is 0 Å². The molecule has 2 N–H and O–H groups in total. The molecule has 140 valence electrons. The zero-order chi connectivity index (χ0) is 20.3. The first-order chi connectivity index (χ1) is 13.4. The first-order valence-electron chi connectivity index (χ1n) is 8.41. The fourth-order valence-electron chi connectivity index (χ4n) is 2.86. The minimum absolute atomic E-state index is 0.0649. The maximum absolute atomic E-state index is 12.3. The average molecular weight is 376 g/mol. The van der Waals surface area contributed by atoms with Gasteiger partial charge in [-0.05, 0) is 29.3 Å². The van der Waals surface area contributed by atoms with Gasteiger partial charge >= 0.3 is 5.97 Å². The van der Waals surface area contributed by atoms with Crippen LogP contribution in [0, 0.1) is 11.3 Å². The standard InChI is InChI=1S/C21H16N2O5/c1-28-14-5-2-12(3-6-14)13-4-7-15-16(11-22)21(27)20(23-17(15)10-13)18(24)8-9-19(25)26/h2-7,10,27H,8-9H2,1H3,(H,25,26). The van der Waals surface area contributed by atoms with Crippen LogP contribution in [0.1, 0.15) is 28.9 Å². The van der Waals surface area contributed by atoms with E-state index < -0.39 is 17.5 Å². The summed E-state index contributed by atoms with van der Waals surface area (Å²) in [6.45, 7) is 0. The van der Waals surface area contributed by atoms with Crippen molar-refractivity contribution in [1.82, 2.24) is 4.98 Å². The van der Waals surface area contributed by atoms with Gasteiger partial charge in [0.1, 0.15) is 23.1 Å². The highest BCUT2D eigenvalue weighted by Gasteiger charge is 2.20. The number of carboxylic acid groups (broad SMARTS) is 1. The zero-order valence-electron chi connectivity index (χ0n) is 15.0. The molecule has 0 aliphatic heterocycles. The van der Waals surface area contributed by atoms with Gasteiger partial charge in [-0.2, -0.15) is 5.26 Å². The molecule has 3 aromatic rings. The summed E-state index contributed by atoms with van der Waals surface area (Å²) < 4.78 is 5.15. The highest BCUT2D eigenvalue weighted by Crippen LogP contribution is 2.32. The molecular weight excluding hydrogens is 360 g/mol. The first-order valence-corrected chi connectivity index (χ1v) is 8.41. The molecule has 2 aromatic carbocycles. The summed E-state index contributed by atoms with van der Waals surface area (Å²) in [6.07, 6.45) is -0.698. The lowest BCUT2D eigenvalue weighted by Crippen LogP contribution is -2.07. The molecule has 7 heteroatoms. The number of carbonyl (C=O) groups is 2. The number of nitriles is 1. The van der Waals surface area contributed by atoms with E-state index >= 15 is 0 Å². The second kappa shape index (κ2) is 7.76. The zero-order valence-corrected chi connectivity index (χ0v) is 15.0. The molecule has 0 bridgehead atoms. The van der Waals surface area contributed by atoms with E-state index in [-0.39, 0.29) is 24.1 Å². The molecular formula is C21H16N2O5. The third kappa shape index (κ3) is 3.62. The molecule has 0 aliphatic rings. The van der Waals surface area contributed by atoms with Crippen LogP contribution >= 0.6 is 0 Å². The quantitative estimate of drug-likeness (QED) is 0.631. The molecule has 0 spiro atoms. The summed E-state index contributed by atoms with van der Waals surface area (Å²) in [7, 11) is 1.58. The van der Waals surface area contributed by atoms with Crippen molar-refractivity contribution >= 4 is 22.7 Å². The maximum Gasteiger partial charge on any atom is 0.303 e. The molecule has 1 aromatic heterocycles. The Labute approximate surface area is 160 Å². The molecule has 0 atom stereocenters. The van der Waals surface area contributed by atoms with Crippen LogP contribution in [0.25, 0.3) is 22.0 Å². The van der Waals surface area contributed by atoms with Gasteiger partial charge in [-0.25, -0.2) is 4.98 Å². The molecule has 0 amide bonds. The number of ketones is 1. The molecule has 0 aliphatic carbocycles. The maximum atomic E-state index is 12.3. The van der Waals surface area contributed by atoms with Crippen LogP contribution in [0.15, 0.2) is 42.5 Å². The van der Waals surface area contributed by atoms with Crippen LogP contribution in [0.3, 0.4) is 0 Å². The Morgan fingerprint density at radius 3 is 2.39 bits per heavy atom. The van der Waals surface area contributed by atoms with Gasteiger partial charge in [-0.1, -0.05) is 24.3 Å². The number of aromatic nitrogens is 1. The van der Waals surface area contributed by atoms with Gasteiger partial charge in [-0.3, -0.25) is 9.59 Å². The van der Waals surface area contributed by atoms with Crippen LogP contribution in [-0.2, 0) is 4.79 Å². The third-order valence-electron chi connectivity index (χ3n) is 4.33. The van der Waals surface area contributed by atoms with E-state index in [2.05, 4.69) is 4.98 Å². The smallest absolute Gasteiger partial charge is 0.303 e. The number of methoxy groups -OCH3 is 1. The predicted octanol–water partition coefficient (Wildman–Crippen LogP) is 3.54. The summed E-state index contributed by atoms with van der Waals surface area (Å²) in [5, 5.41) is 28.9. The Morgan fingerprint density at radius 1 is 1.11 bits per heavy atom. The van der Waals surface area contributed by atoms with Gasteiger partial charge in [0.2, 0.25) is 0 Å². The number of carboxylic acids is 1. The lowest BCUT2D eigenvalue weighted by molar-refractivity contribution is -0.136. The van der Waals surface area contributed by atoms with Crippen molar-refractivity contribution < 1.29 is 24.5 Å². The summed E-state index contributed by atoms with van der Waals surface area (Å²) in [6, 6.07) is 14.4. The number of nitrogens with zero attached hydrogens (tertiary/aromatic N) is 2. The van der Waals surface area contributed by atoms with Crippen molar-refractivity contribution in [2.45, 2.75) is 12.8 Å². The summed E-state index contributed by atoms with van der Waals surface area (Å²) >= 11 is 0. The second-order valence-electron chi connectivity index (χ2n) is 6.07. The number of carbonyl (C=O) groups excluding carboxylic acids is 1. The van der Waals surface area contributed by atoms with Crippen molar-refractivity contribution in [3.63, 3.8) is 0 Å². The van der Waals surface area contributed by atoms with E-state index in [4.69, 9.17) is 9.84 Å². The van der Waals surface area contributed by atoms with Crippen LogP contribution in [0.2, 0.25) is 0 Å². The van der Waals surface area contributed by atoms with E-state index in [0.717, 1.165) is 11.1 Å². The molecule has 0 unspecified atom stereocenters. The molecule has 1 heterocycles. The van der Waals surface area contributed by atoms with Crippen LogP contribution in [-0.4, -0.2) is 34.1 Å². The van der Waals surface area contributed by atoms with Crippen molar-refractivity contribution in [3.8, 4) is 28.7 Å². The van der Waals surface area contributed by atoms with Crippen molar-refractivity contribution in [3.05, 3.63) is 53.7 Å². The van der Waals surface area contributed by atoms with E-state index in [1.807, 2.05) is 30.3 Å². The summed E-state index contributed by atoms with van der Waals surface area (Å²) in [5.41, 5.74) is 1.69. The lowest BCUT2D eigenvalue weighted by Gasteiger charge is -2.10. The average Bonchev–Trinajstić information content (AvgIpc) is 2.71. The van der Waals surface area contributed by atoms with Gasteiger partial charge in [-0.15, -0.1) is 0 Å². The fraction of sp³-hybridized carbons (Fsp3) is 0.143. The first kappa shape index (κ1) is 18.9. The second-order valence-corrected chi connectivity index (χ2v) is 6.07. The Hall–Kier alpha value is -3.92. The number of aromatic hydroxyl groups is 1. The van der Waals surface area contributed by atoms with Gasteiger partial charge in [0.05, 0.1) is 19.0 Å². The molecule has 0 saturated carbocycles. The Bertz CT molecular complexity index is 1110. The number of hydrogen-bond donors (Lipinski definition) is 2. The number of rotatable bonds is 6. The van der Waals surface area contributed by atoms with Crippen LogP contribution < -0.4 is 4.74 Å². The monoisotopic (exact) mass is 376 g/mol. The number of aliphatic carboxylic acids is 1. The molecule has 0 fully saturated rings. The number of hydrogen-bond acceptors (Lipinski definition) is 6. The Balaban J connectivity index is 2.10. The number of fused-ring (bicyclic) bond motifs is 1. The van der Waals surface area contributed by atoms with Gasteiger partial charge in [0.25, 0.3) is 0 Å².